The van der Waals surface area contributed by atoms with Gasteiger partial charge in [-0.2, -0.15) is 0 Å². The predicted molar refractivity (Wildman–Crippen MR) is 108 cm³/mol. The molecular formula is C21H38N2O2. The molecule has 0 aliphatic rings. The molecule has 144 valence electrons. The number of carbonyl (C=O) groups is 1. The van der Waals surface area contributed by atoms with Crippen molar-refractivity contribution in [1.82, 2.24) is 0 Å². The first-order chi connectivity index (χ1) is 11.7. The van der Waals surface area contributed by atoms with E-state index in [0.717, 1.165) is 30.7 Å². The minimum atomic E-state index is 0.0485. The fourth-order valence-electron chi connectivity index (χ4n) is 2.66. The topological polar surface area (TPSA) is 62.5 Å². The SMILES string of the molecule is COC[C@@H](C)CC[C@@H](C)CC/C(C)=N\C(C(=O)CCC(C)=N)=C(C)C. The van der Waals surface area contributed by atoms with Crippen molar-refractivity contribution >= 4 is 17.2 Å². The lowest BCUT2D eigenvalue weighted by atomic mass is 9.94. The zero-order valence-corrected chi connectivity index (χ0v) is 17.4. The van der Waals surface area contributed by atoms with Crippen molar-refractivity contribution in [2.24, 2.45) is 16.8 Å². The van der Waals surface area contributed by atoms with Crippen molar-refractivity contribution in [2.45, 2.75) is 80.1 Å². The summed E-state index contributed by atoms with van der Waals surface area (Å²) in [4.78, 5) is 16.9. The van der Waals surface area contributed by atoms with Crippen LogP contribution < -0.4 is 0 Å². The van der Waals surface area contributed by atoms with Crippen LogP contribution in [0.3, 0.4) is 0 Å². The quantitative estimate of drug-likeness (QED) is 0.346. The van der Waals surface area contributed by atoms with Gasteiger partial charge in [0, 0.05) is 31.6 Å². The lowest BCUT2D eigenvalue weighted by Gasteiger charge is -2.15. The number of hydrogen-bond donors (Lipinski definition) is 1. The van der Waals surface area contributed by atoms with Crippen LogP contribution in [0, 0.1) is 17.2 Å². The molecule has 0 saturated carbocycles. The van der Waals surface area contributed by atoms with E-state index in [2.05, 4.69) is 18.8 Å². The van der Waals surface area contributed by atoms with E-state index in [9.17, 15) is 4.79 Å². The number of nitrogens with zero attached hydrogens (tertiary/aromatic N) is 1. The maximum absolute atomic E-state index is 12.3. The van der Waals surface area contributed by atoms with Crippen molar-refractivity contribution in [3.63, 3.8) is 0 Å². The third kappa shape index (κ3) is 11.8. The number of aliphatic imine (C=N–C) groups is 1. The molecule has 2 atom stereocenters. The molecule has 4 heteroatoms. The first-order valence-electron chi connectivity index (χ1n) is 9.45. The van der Waals surface area contributed by atoms with Crippen LogP contribution in [-0.4, -0.2) is 30.9 Å². The van der Waals surface area contributed by atoms with E-state index in [0.29, 0.717) is 36.1 Å². The molecule has 0 aromatic rings. The molecule has 0 saturated heterocycles. The number of Topliss-reactive ketones (excluding diaryl/α,β-unsaturated/α-hetero) is 1. The number of nitrogens with one attached hydrogen (secondary N) is 1. The van der Waals surface area contributed by atoms with E-state index in [-0.39, 0.29) is 5.78 Å². The fourth-order valence-corrected chi connectivity index (χ4v) is 2.66. The van der Waals surface area contributed by atoms with Crippen molar-refractivity contribution in [3.8, 4) is 0 Å². The predicted octanol–water partition coefficient (Wildman–Crippen LogP) is 5.61. The van der Waals surface area contributed by atoms with Gasteiger partial charge in [0.05, 0.1) is 0 Å². The average molecular weight is 351 g/mol. The van der Waals surface area contributed by atoms with Gasteiger partial charge in [0.1, 0.15) is 5.70 Å². The number of allylic oxidation sites excluding steroid dienone is 2. The van der Waals surface area contributed by atoms with E-state index in [1.165, 1.54) is 12.8 Å². The van der Waals surface area contributed by atoms with Gasteiger partial charge in [-0.1, -0.05) is 20.3 Å². The summed E-state index contributed by atoms with van der Waals surface area (Å²) < 4.78 is 5.19. The highest BCUT2D eigenvalue weighted by molar-refractivity contribution is 6.00. The first-order valence-corrected chi connectivity index (χ1v) is 9.45. The van der Waals surface area contributed by atoms with E-state index in [4.69, 9.17) is 10.1 Å². The third-order valence-electron chi connectivity index (χ3n) is 4.37. The summed E-state index contributed by atoms with van der Waals surface area (Å²) in [6, 6.07) is 0. The molecule has 0 aromatic heterocycles. The zero-order chi connectivity index (χ0) is 19.4. The highest BCUT2D eigenvalue weighted by Crippen LogP contribution is 2.18. The second-order valence-electron chi connectivity index (χ2n) is 7.68. The van der Waals surface area contributed by atoms with E-state index in [1.807, 2.05) is 20.8 Å². The van der Waals surface area contributed by atoms with Crippen molar-refractivity contribution in [1.29, 1.82) is 5.41 Å². The molecule has 0 aromatic carbocycles. The number of hydrogen-bond acceptors (Lipinski definition) is 4. The summed E-state index contributed by atoms with van der Waals surface area (Å²) in [5, 5.41) is 7.47. The molecule has 25 heavy (non-hydrogen) atoms. The Kier molecular flexibility index (Phi) is 12.3. The summed E-state index contributed by atoms with van der Waals surface area (Å²) in [5.41, 5.74) is 3.10. The minimum Gasteiger partial charge on any atom is -0.384 e. The Bertz CT molecular complexity index is 488. The zero-order valence-electron chi connectivity index (χ0n) is 17.4. The second kappa shape index (κ2) is 13.0. The molecule has 0 aliphatic heterocycles. The Labute approximate surface area is 154 Å². The molecule has 0 bridgehead atoms. The Morgan fingerprint density at radius 3 is 2.08 bits per heavy atom. The third-order valence-corrected chi connectivity index (χ3v) is 4.37. The van der Waals surface area contributed by atoms with Gasteiger partial charge in [0.2, 0.25) is 0 Å². The van der Waals surface area contributed by atoms with Crippen molar-refractivity contribution in [3.05, 3.63) is 11.3 Å². The Morgan fingerprint density at radius 1 is 0.960 bits per heavy atom. The molecular weight excluding hydrogens is 312 g/mol. The van der Waals surface area contributed by atoms with Crippen LogP contribution in [0.1, 0.15) is 80.1 Å². The number of rotatable bonds is 13. The van der Waals surface area contributed by atoms with Gasteiger partial charge in [-0.15, -0.1) is 0 Å². The average Bonchev–Trinajstić information content (AvgIpc) is 2.53. The maximum Gasteiger partial charge on any atom is 0.181 e. The molecule has 4 nitrogen and oxygen atoms in total. The Hall–Kier alpha value is -1.29. The van der Waals surface area contributed by atoms with Crippen molar-refractivity contribution in [2.75, 3.05) is 13.7 Å². The normalized spacial score (nSPS) is 14.1. The summed E-state index contributed by atoms with van der Waals surface area (Å²) in [7, 11) is 1.76. The maximum atomic E-state index is 12.3. The Balaban J connectivity index is 4.53. The van der Waals surface area contributed by atoms with E-state index >= 15 is 0 Å². The number of ketones is 1. The molecule has 0 amide bonds. The lowest BCUT2D eigenvalue weighted by Crippen LogP contribution is -2.09. The summed E-state index contributed by atoms with van der Waals surface area (Å²) in [5.74, 6) is 1.30. The Morgan fingerprint density at radius 2 is 1.56 bits per heavy atom. The lowest BCUT2D eigenvalue weighted by molar-refractivity contribution is -0.115. The van der Waals surface area contributed by atoms with Gasteiger partial charge in [-0.05, 0) is 70.8 Å². The molecule has 0 spiro atoms. The van der Waals surface area contributed by atoms with Crippen LogP contribution in [0.2, 0.25) is 0 Å². The molecule has 0 aliphatic carbocycles. The van der Waals surface area contributed by atoms with Crippen LogP contribution in [0.4, 0.5) is 0 Å². The standard InChI is InChI=1S/C21H38N2O2/c1-15(2)21(20(24)13-11-18(5)22)23-19(6)12-10-16(3)8-9-17(4)14-25-7/h16-17,22H,8-14H2,1-7H3/b22-18?,23-19-/t16-,17+/m1/s1. The number of carbonyl (C=O) groups excluding carboxylic acids is 1. The molecule has 0 radical (unpaired) electrons. The number of methoxy groups -OCH3 is 1. The fraction of sp³-hybridized carbons (Fsp3) is 0.762. The van der Waals surface area contributed by atoms with Crippen LogP contribution in [0.5, 0.6) is 0 Å². The van der Waals surface area contributed by atoms with Gasteiger partial charge in [0.15, 0.2) is 5.78 Å². The van der Waals surface area contributed by atoms with E-state index in [1.54, 1.807) is 14.0 Å². The molecule has 0 fully saturated rings. The summed E-state index contributed by atoms with van der Waals surface area (Å²) in [6.45, 7) is 13.0. The van der Waals surface area contributed by atoms with Crippen LogP contribution in [-0.2, 0) is 9.53 Å². The minimum absolute atomic E-state index is 0.0485. The van der Waals surface area contributed by atoms with E-state index < -0.39 is 0 Å². The van der Waals surface area contributed by atoms with Crippen LogP contribution in [0.15, 0.2) is 16.3 Å². The van der Waals surface area contributed by atoms with Crippen molar-refractivity contribution < 1.29 is 9.53 Å². The monoisotopic (exact) mass is 350 g/mol. The van der Waals surface area contributed by atoms with Gasteiger partial charge < -0.3 is 10.1 Å². The first kappa shape index (κ1) is 23.7. The molecule has 0 unspecified atom stereocenters. The molecule has 0 rings (SSSR count). The van der Waals surface area contributed by atoms with Gasteiger partial charge in [-0.25, -0.2) is 0 Å². The van der Waals surface area contributed by atoms with Gasteiger partial charge in [-0.3, -0.25) is 9.79 Å². The second-order valence-corrected chi connectivity index (χ2v) is 7.68. The van der Waals surface area contributed by atoms with Gasteiger partial charge in [0.25, 0.3) is 0 Å². The summed E-state index contributed by atoms with van der Waals surface area (Å²) >= 11 is 0. The molecule has 1 N–H and O–H groups in total. The smallest absolute Gasteiger partial charge is 0.181 e. The highest BCUT2D eigenvalue weighted by atomic mass is 16.5. The highest BCUT2D eigenvalue weighted by Gasteiger charge is 2.12. The summed E-state index contributed by atoms with van der Waals surface area (Å²) in [6.07, 6.45) is 5.30. The van der Waals surface area contributed by atoms with Crippen LogP contribution in [0.25, 0.3) is 0 Å². The molecule has 0 heterocycles. The van der Waals surface area contributed by atoms with Crippen LogP contribution >= 0.6 is 0 Å². The largest absolute Gasteiger partial charge is 0.384 e. The van der Waals surface area contributed by atoms with Gasteiger partial charge >= 0.3 is 0 Å². The number of ether oxygens (including phenoxy) is 1.